The van der Waals surface area contributed by atoms with Gasteiger partial charge in [-0.25, -0.2) is 9.97 Å². The molecule has 5 heteroatoms. The van der Waals surface area contributed by atoms with E-state index in [1.807, 2.05) is 24.3 Å². The Morgan fingerprint density at radius 3 is 2.52 bits per heavy atom. The highest BCUT2D eigenvalue weighted by atomic mass is 35.5. The van der Waals surface area contributed by atoms with Gasteiger partial charge < -0.3 is 10.6 Å². The fraction of sp³-hybridized carbons (Fsp3) is 0.273. The summed E-state index contributed by atoms with van der Waals surface area (Å²) in [5, 5.41) is 0.798. The SMILES string of the molecule is Cc1c(C2CC(N)CCN2c2ncccn2)ccc(-c2ccccc2)c1Cl. The van der Waals surface area contributed by atoms with Gasteiger partial charge in [0.15, 0.2) is 0 Å². The zero-order valence-corrected chi connectivity index (χ0v) is 16.1. The van der Waals surface area contributed by atoms with Crippen LogP contribution in [-0.2, 0) is 0 Å². The average molecular weight is 379 g/mol. The standard InChI is InChI=1S/C22H23ClN4/c1-15-18(8-9-19(21(15)23)16-6-3-2-4-7-16)20-14-17(24)10-13-27(20)22-25-11-5-12-26-22/h2-9,11-12,17,20H,10,13-14,24H2,1H3. The number of hydrogen-bond donors (Lipinski definition) is 1. The summed E-state index contributed by atoms with van der Waals surface area (Å²) >= 11 is 6.80. The van der Waals surface area contributed by atoms with Crippen LogP contribution in [0.1, 0.15) is 30.0 Å². The lowest BCUT2D eigenvalue weighted by atomic mass is 9.88. The van der Waals surface area contributed by atoms with Crippen LogP contribution < -0.4 is 10.6 Å². The second-order valence-corrected chi connectivity index (χ2v) is 7.43. The van der Waals surface area contributed by atoms with Crippen molar-refractivity contribution < 1.29 is 0 Å². The fourth-order valence-electron chi connectivity index (χ4n) is 3.87. The van der Waals surface area contributed by atoms with Gasteiger partial charge in [-0.15, -0.1) is 0 Å². The number of hydrogen-bond acceptors (Lipinski definition) is 4. The van der Waals surface area contributed by atoms with Crippen LogP contribution in [0.25, 0.3) is 11.1 Å². The molecule has 138 valence electrons. The zero-order valence-electron chi connectivity index (χ0n) is 15.3. The predicted molar refractivity (Wildman–Crippen MR) is 111 cm³/mol. The van der Waals surface area contributed by atoms with Gasteiger partial charge in [-0.05, 0) is 42.5 Å². The van der Waals surface area contributed by atoms with Crippen molar-refractivity contribution in [1.82, 2.24) is 9.97 Å². The van der Waals surface area contributed by atoms with E-state index in [9.17, 15) is 0 Å². The molecule has 0 saturated carbocycles. The van der Waals surface area contributed by atoms with Crippen LogP contribution in [0, 0.1) is 6.92 Å². The lowest BCUT2D eigenvalue weighted by Crippen LogP contribution is -2.43. The van der Waals surface area contributed by atoms with Crippen molar-refractivity contribution in [1.29, 1.82) is 0 Å². The van der Waals surface area contributed by atoms with Crippen molar-refractivity contribution in [3.05, 3.63) is 77.1 Å². The van der Waals surface area contributed by atoms with Crippen molar-refractivity contribution in [2.24, 2.45) is 5.73 Å². The fourth-order valence-corrected chi connectivity index (χ4v) is 4.15. The average Bonchev–Trinajstić information content (AvgIpc) is 2.71. The summed E-state index contributed by atoms with van der Waals surface area (Å²) in [7, 11) is 0. The number of piperidine rings is 1. The molecule has 2 N–H and O–H groups in total. The maximum Gasteiger partial charge on any atom is 0.225 e. The third-order valence-electron chi connectivity index (χ3n) is 5.32. The number of nitrogens with zero attached hydrogens (tertiary/aromatic N) is 3. The number of aromatic nitrogens is 2. The van der Waals surface area contributed by atoms with Crippen molar-refractivity contribution in [2.45, 2.75) is 31.8 Å². The van der Waals surface area contributed by atoms with E-state index in [0.717, 1.165) is 47.0 Å². The molecule has 0 amide bonds. The molecule has 0 aliphatic carbocycles. The van der Waals surface area contributed by atoms with Crippen LogP contribution in [0.3, 0.4) is 0 Å². The Balaban J connectivity index is 1.75. The Labute approximate surface area is 165 Å². The zero-order chi connectivity index (χ0) is 18.8. The summed E-state index contributed by atoms with van der Waals surface area (Å²) in [4.78, 5) is 11.2. The van der Waals surface area contributed by atoms with Crippen LogP contribution in [0.2, 0.25) is 5.02 Å². The molecule has 0 radical (unpaired) electrons. The maximum atomic E-state index is 6.80. The van der Waals surface area contributed by atoms with E-state index in [4.69, 9.17) is 17.3 Å². The number of halogens is 1. The lowest BCUT2D eigenvalue weighted by molar-refractivity contribution is 0.413. The molecule has 1 aromatic heterocycles. The summed E-state index contributed by atoms with van der Waals surface area (Å²) in [6, 6.07) is 16.7. The molecule has 1 saturated heterocycles. The minimum atomic E-state index is 0.124. The molecule has 2 atom stereocenters. The molecule has 2 aromatic carbocycles. The molecule has 1 fully saturated rings. The first kappa shape index (κ1) is 18.0. The van der Waals surface area contributed by atoms with Gasteiger partial charge in [0.25, 0.3) is 0 Å². The molecule has 2 heterocycles. The van der Waals surface area contributed by atoms with E-state index < -0.39 is 0 Å². The Kier molecular flexibility index (Phi) is 5.10. The van der Waals surface area contributed by atoms with E-state index in [1.54, 1.807) is 12.4 Å². The van der Waals surface area contributed by atoms with Crippen LogP contribution >= 0.6 is 11.6 Å². The number of nitrogens with two attached hydrogens (primary N) is 1. The van der Waals surface area contributed by atoms with Gasteiger partial charge in [-0.3, -0.25) is 0 Å². The molecule has 1 aliphatic heterocycles. The molecule has 27 heavy (non-hydrogen) atoms. The predicted octanol–water partition coefficient (Wildman–Crippen LogP) is 4.77. The Bertz CT molecular complexity index is 914. The first-order valence-corrected chi connectivity index (χ1v) is 9.66. The van der Waals surface area contributed by atoms with Gasteiger partial charge in [0.05, 0.1) is 11.1 Å². The summed E-state index contributed by atoms with van der Waals surface area (Å²) < 4.78 is 0. The quantitative estimate of drug-likeness (QED) is 0.712. The second kappa shape index (κ2) is 7.67. The van der Waals surface area contributed by atoms with Crippen molar-refractivity contribution in [3.63, 3.8) is 0 Å². The molecule has 2 unspecified atom stereocenters. The van der Waals surface area contributed by atoms with Crippen molar-refractivity contribution in [2.75, 3.05) is 11.4 Å². The minimum absolute atomic E-state index is 0.124. The molecule has 4 rings (SSSR count). The maximum absolute atomic E-state index is 6.80. The summed E-state index contributed by atoms with van der Waals surface area (Å²) in [5.74, 6) is 0.747. The monoisotopic (exact) mass is 378 g/mol. The smallest absolute Gasteiger partial charge is 0.225 e. The largest absolute Gasteiger partial charge is 0.334 e. The number of anilines is 1. The lowest BCUT2D eigenvalue weighted by Gasteiger charge is -2.39. The summed E-state index contributed by atoms with van der Waals surface area (Å²) in [5.41, 5.74) is 10.8. The van der Waals surface area contributed by atoms with Crippen molar-refractivity contribution >= 4 is 17.5 Å². The van der Waals surface area contributed by atoms with Gasteiger partial charge >= 0.3 is 0 Å². The first-order chi connectivity index (χ1) is 13.1. The highest BCUT2D eigenvalue weighted by molar-refractivity contribution is 6.34. The van der Waals surface area contributed by atoms with Crippen LogP contribution in [-0.4, -0.2) is 22.6 Å². The normalized spacial score (nSPS) is 19.9. The Hall–Kier alpha value is -2.43. The molecule has 1 aliphatic rings. The van der Waals surface area contributed by atoms with Gasteiger partial charge in [0.2, 0.25) is 5.95 Å². The molecule has 0 spiro atoms. The van der Waals surface area contributed by atoms with Crippen LogP contribution in [0.5, 0.6) is 0 Å². The van der Waals surface area contributed by atoms with E-state index in [1.165, 1.54) is 5.56 Å². The Morgan fingerprint density at radius 1 is 1.04 bits per heavy atom. The van der Waals surface area contributed by atoms with Gasteiger partial charge in [0.1, 0.15) is 0 Å². The molecule has 3 aromatic rings. The van der Waals surface area contributed by atoms with Crippen LogP contribution in [0.15, 0.2) is 60.9 Å². The van der Waals surface area contributed by atoms with E-state index in [0.29, 0.717) is 0 Å². The van der Waals surface area contributed by atoms with E-state index in [-0.39, 0.29) is 12.1 Å². The van der Waals surface area contributed by atoms with E-state index >= 15 is 0 Å². The van der Waals surface area contributed by atoms with Gasteiger partial charge in [0, 0.05) is 30.5 Å². The topological polar surface area (TPSA) is 55.0 Å². The summed E-state index contributed by atoms with van der Waals surface area (Å²) in [6.07, 6.45) is 5.36. The Morgan fingerprint density at radius 2 is 1.78 bits per heavy atom. The highest BCUT2D eigenvalue weighted by Gasteiger charge is 2.31. The van der Waals surface area contributed by atoms with E-state index in [2.05, 4.69) is 46.1 Å². The minimum Gasteiger partial charge on any atom is -0.334 e. The highest BCUT2D eigenvalue weighted by Crippen LogP contribution is 2.39. The van der Waals surface area contributed by atoms with Gasteiger partial charge in [-0.2, -0.15) is 0 Å². The van der Waals surface area contributed by atoms with Gasteiger partial charge in [-0.1, -0.05) is 54.1 Å². The third-order valence-corrected chi connectivity index (χ3v) is 5.81. The molecule has 4 nitrogen and oxygen atoms in total. The molecule has 0 bridgehead atoms. The first-order valence-electron chi connectivity index (χ1n) is 9.29. The number of rotatable bonds is 3. The third kappa shape index (κ3) is 3.55. The second-order valence-electron chi connectivity index (χ2n) is 7.05. The molecular formula is C22H23ClN4. The summed E-state index contributed by atoms with van der Waals surface area (Å²) in [6.45, 7) is 2.93. The number of benzene rings is 2. The van der Waals surface area contributed by atoms with Crippen LogP contribution in [0.4, 0.5) is 5.95 Å². The molecular weight excluding hydrogens is 356 g/mol. The van der Waals surface area contributed by atoms with Crippen molar-refractivity contribution in [3.8, 4) is 11.1 Å².